The average molecular weight is 730 g/mol. The molecule has 38 heavy (non-hydrogen) atoms. The summed E-state index contributed by atoms with van der Waals surface area (Å²) >= 11 is 4.85. The van der Waals surface area contributed by atoms with E-state index in [0.29, 0.717) is 23.1 Å². The Balaban J connectivity index is 0.00000400. The number of aromatic nitrogens is 2. The normalized spacial score (nSPS) is 10.8. The number of halogens is 4. The Bertz CT molecular complexity index is 1620. The van der Waals surface area contributed by atoms with Gasteiger partial charge in [-0.1, -0.05) is 35.4 Å². The molecular weight excluding hydrogens is 716 g/mol. The van der Waals surface area contributed by atoms with Gasteiger partial charge in [-0.2, -0.15) is 5.26 Å². The molecule has 0 bridgehead atoms. The van der Waals surface area contributed by atoms with Gasteiger partial charge in [-0.25, -0.2) is 4.99 Å². The molecule has 0 N–H and O–H groups in total. The number of hydrogen-bond donors (Lipinski definition) is 0. The summed E-state index contributed by atoms with van der Waals surface area (Å²) in [6.07, 6.45) is 0. The SMILES string of the molecule is CC(C)(c1cccc(-c2[c-]cc(F)c(N=C=S)c2F)n1)c1cccc(-c2[c-]cc(F)c(SC#N)c2F)n1.[Pt+2]. The van der Waals surface area contributed by atoms with Crippen molar-refractivity contribution >= 4 is 34.8 Å². The number of hydrogen-bond acceptors (Lipinski definition) is 6. The maximum atomic E-state index is 15.0. The van der Waals surface area contributed by atoms with Gasteiger partial charge in [0.2, 0.25) is 0 Å². The number of isothiocyanates is 1. The standard InChI is InChI=1S/C27H14F4N4S2.Pt/c1-27(2,21-7-3-5-19(34-21)15-9-11-17(28)25(23(15)30)33-14-36)22-8-4-6-20(35-22)16-10-12-18(29)26(24(16)31)37-13-32;/h3-8,11-12H,1-2H3;/q-2;+2. The fourth-order valence-electron chi connectivity index (χ4n) is 3.61. The molecule has 0 amide bonds. The Morgan fingerprint density at radius 3 is 1.95 bits per heavy atom. The first kappa shape index (κ1) is 29.3. The number of thioether (sulfide) groups is 1. The first-order chi connectivity index (χ1) is 17.7. The minimum absolute atomic E-state index is 0. The third kappa shape index (κ3) is 5.62. The Kier molecular flexibility index (Phi) is 9.35. The molecular formula is C27H14F4N4PtS2. The van der Waals surface area contributed by atoms with Gasteiger partial charge >= 0.3 is 21.1 Å². The minimum atomic E-state index is -0.978. The van der Waals surface area contributed by atoms with Crippen LogP contribution in [-0.2, 0) is 26.5 Å². The van der Waals surface area contributed by atoms with Crippen LogP contribution in [0.2, 0.25) is 0 Å². The molecule has 0 aliphatic heterocycles. The Hall–Kier alpha value is -3.21. The summed E-state index contributed by atoms with van der Waals surface area (Å²) < 4.78 is 57.9. The number of thiocarbonyl (C=S) groups is 1. The smallest absolute Gasteiger partial charge is 0.300 e. The third-order valence-corrected chi connectivity index (χ3v) is 6.33. The number of thiocyanates is 1. The van der Waals surface area contributed by atoms with E-state index in [1.807, 2.05) is 19.0 Å². The van der Waals surface area contributed by atoms with Crippen LogP contribution in [0.25, 0.3) is 22.5 Å². The van der Waals surface area contributed by atoms with Crippen LogP contribution < -0.4 is 0 Å². The van der Waals surface area contributed by atoms with Crippen LogP contribution >= 0.6 is 24.0 Å². The predicted molar refractivity (Wildman–Crippen MR) is 135 cm³/mol. The van der Waals surface area contributed by atoms with Crippen LogP contribution in [0.4, 0.5) is 23.2 Å². The molecule has 0 saturated heterocycles. The summed E-state index contributed by atoms with van der Waals surface area (Å²) in [5.41, 5.74) is -0.319. The molecule has 11 heteroatoms. The summed E-state index contributed by atoms with van der Waals surface area (Å²) in [4.78, 5) is 12.1. The number of nitriles is 1. The number of aliphatic imine (C=N–C) groups is 1. The molecule has 0 saturated carbocycles. The average Bonchev–Trinajstić information content (AvgIpc) is 2.89. The molecule has 4 aromatic rings. The Morgan fingerprint density at radius 1 is 0.895 bits per heavy atom. The van der Waals surface area contributed by atoms with Crippen molar-refractivity contribution in [3.63, 3.8) is 0 Å². The summed E-state index contributed by atoms with van der Waals surface area (Å²) in [5, 5.41) is 12.5. The molecule has 0 aliphatic carbocycles. The molecule has 0 radical (unpaired) electrons. The van der Waals surface area contributed by atoms with Crippen molar-refractivity contribution in [1.82, 2.24) is 9.97 Å². The van der Waals surface area contributed by atoms with E-state index in [9.17, 15) is 17.6 Å². The zero-order valence-electron chi connectivity index (χ0n) is 19.6. The van der Waals surface area contributed by atoms with Crippen LogP contribution in [0.5, 0.6) is 0 Å². The van der Waals surface area contributed by atoms with E-state index in [0.717, 1.165) is 12.1 Å². The van der Waals surface area contributed by atoms with Crippen molar-refractivity contribution in [2.75, 3.05) is 0 Å². The van der Waals surface area contributed by atoms with Crippen molar-refractivity contribution in [3.8, 4) is 27.9 Å². The molecule has 0 atom stereocenters. The predicted octanol–water partition coefficient (Wildman–Crippen LogP) is 7.60. The maximum absolute atomic E-state index is 15.0. The van der Waals surface area contributed by atoms with E-state index >= 15 is 0 Å². The molecule has 2 heterocycles. The van der Waals surface area contributed by atoms with Gasteiger partial charge in [0, 0.05) is 21.7 Å². The summed E-state index contributed by atoms with van der Waals surface area (Å²) in [6.45, 7) is 3.64. The van der Waals surface area contributed by atoms with E-state index < -0.39 is 39.3 Å². The van der Waals surface area contributed by atoms with Gasteiger partial charge in [-0.3, -0.25) is 17.6 Å². The molecule has 0 unspecified atom stereocenters. The maximum Gasteiger partial charge on any atom is 2.00 e. The van der Waals surface area contributed by atoms with Gasteiger partial charge in [0.05, 0.1) is 34.1 Å². The Morgan fingerprint density at radius 2 is 1.42 bits per heavy atom. The second-order valence-corrected chi connectivity index (χ2v) is 9.14. The molecule has 4 rings (SSSR count). The third-order valence-electron chi connectivity index (χ3n) is 5.57. The second-order valence-electron chi connectivity index (χ2n) is 8.17. The van der Waals surface area contributed by atoms with E-state index in [-0.39, 0.29) is 43.6 Å². The molecule has 0 spiro atoms. The fourth-order valence-corrected chi connectivity index (χ4v) is 4.14. The number of nitrogens with zero attached hydrogens (tertiary/aromatic N) is 4. The van der Waals surface area contributed by atoms with E-state index in [1.165, 1.54) is 6.07 Å². The number of benzene rings is 2. The summed E-state index contributed by atoms with van der Waals surface area (Å²) in [5.74, 6) is -3.74. The monoisotopic (exact) mass is 729 g/mol. The quantitative estimate of drug-likeness (QED) is 0.0512. The van der Waals surface area contributed by atoms with Crippen molar-refractivity contribution in [2.24, 2.45) is 4.99 Å². The van der Waals surface area contributed by atoms with Crippen molar-refractivity contribution in [3.05, 3.63) is 95.3 Å². The molecule has 2 aromatic heterocycles. The zero-order chi connectivity index (χ0) is 26.7. The summed E-state index contributed by atoms with van der Waals surface area (Å²) in [6, 6.07) is 16.8. The van der Waals surface area contributed by atoms with Crippen LogP contribution in [-0.4, -0.2) is 15.1 Å². The van der Waals surface area contributed by atoms with Gasteiger partial charge in [-0.15, -0.1) is 24.3 Å². The van der Waals surface area contributed by atoms with Gasteiger partial charge in [0.1, 0.15) is 5.40 Å². The van der Waals surface area contributed by atoms with Crippen molar-refractivity contribution in [1.29, 1.82) is 5.26 Å². The molecule has 4 nitrogen and oxygen atoms in total. The molecule has 2 aromatic carbocycles. The van der Waals surface area contributed by atoms with Gasteiger partial charge in [0.15, 0.2) is 0 Å². The minimum Gasteiger partial charge on any atom is -0.300 e. The van der Waals surface area contributed by atoms with Crippen molar-refractivity contribution in [2.45, 2.75) is 24.2 Å². The topological polar surface area (TPSA) is 61.9 Å². The molecule has 0 aliphatic rings. The summed E-state index contributed by atoms with van der Waals surface area (Å²) in [7, 11) is 0. The zero-order valence-corrected chi connectivity index (χ0v) is 23.5. The van der Waals surface area contributed by atoms with Crippen LogP contribution in [0.1, 0.15) is 25.2 Å². The van der Waals surface area contributed by atoms with E-state index in [1.54, 1.807) is 35.7 Å². The first-order valence-electron chi connectivity index (χ1n) is 10.6. The number of pyridine rings is 2. The van der Waals surface area contributed by atoms with Gasteiger partial charge in [0.25, 0.3) is 0 Å². The largest absolute Gasteiger partial charge is 2.00 e. The fraction of sp³-hybridized carbons (Fsp3) is 0.111. The number of rotatable bonds is 6. The van der Waals surface area contributed by atoms with Crippen LogP contribution in [0.3, 0.4) is 0 Å². The first-order valence-corrected chi connectivity index (χ1v) is 11.8. The second kappa shape index (κ2) is 12.1. The van der Waals surface area contributed by atoms with E-state index in [4.69, 9.17) is 5.26 Å². The van der Waals surface area contributed by atoms with Crippen LogP contribution in [0.15, 0.2) is 58.4 Å². The molecule has 192 valence electrons. The van der Waals surface area contributed by atoms with Gasteiger partial charge < -0.3 is 9.97 Å². The molecule has 0 fully saturated rings. The Labute approximate surface area is 240 Å². The van der Waals surface area contributed by atoms with E-state index in [2.05, 4.69) is 39.3 Å². The van der Waals surface area contributed by atoms with Crippen molar-refractivity contribution < 1.29 is 38.6 Å². The van der Waals surface area contributed by atoms with Crippen LogP contribution in [0, 0.1) is 46.1 Å². The van der Waals surface area contributed by atoms with Gasteiger partial charge in [-0.05, 0) is 61.3 Å².